The highest BCUT2D eigenvalue weighted by Gasteiger charge is 2.22. The molecule has 1 aliphatic heterocycles. The lowest BCUT2D eigenvalue weighted by molar-refractivity contribution is 0.154. The van der Waals surface area contributed by atoms with Crippen LogP contribution in [-0.2, 0) is 6.54 Å². The minimum absolute atomic E-state index is 0. The maximum Gasteiger partial charge on any atom is 0.159 e. The van der Waals surface area contributed by atoms with Crippen LogP contribution < -0.4 is 5.73 Å². The van der Waals surface area contributed by atoms with Crippen molar-refractivity contribution in [2.24, 2.45) is 11.7 Å². The van der Waals surface area contributed by atoms with E-state index in [9.17, 15) is 8.78 Å². The summed E-state index contributed by atoms with van der Waals surface area (Å²) in [6.45, 7) is 4.64. The van der Waals surface area contributed by atoms with Crippen LogP contribution in [0.25, 0.3) is 0 Å². The lowest BCUT2D eigenvalue weighted by Gasteiger charge is -2.34. The molecule has 0 aliphatic carbocycles. The molecule has 2 atom stereocenters. The van der Waals surface area contributed by atoms with Gasteiger partial charge in [-0.1, -0.05) is 6.07 Å². The first kappa shape index (κ1) is 16.3. The van der Waals surface area contributed by atoms with Crippen molar-refractivity contribution in [3.05, 3.63) is 35.4 Å². The Kier molecular flexibility index (Phi) is 6.17. The van der Waals surface area contributed by atoms with E-state index in [4.69, 9.17) is 5.73 Å². The van der Waals surface area contributed by atoms with E-state index in [1.54, 1.807) is 6.07 Å². The average Bonchev–Trinajstić information content (AvgIpc) is 2.34. The zero-order valence-corrected chi connectivity index (χ0v) is 11.9. The Bertz CT molecular complexity index is 412. The van der Waals surface area contributed by atoms with Crippen LogP contribution in [-0.4, -0.2) is 24.0 Å². The molecule has 0 spiro atoms. The monoisotopic (exact) mass is 290 g/mol. The summed E-state index contributed by atoms with van der Waals surface area (Å²) in [6, 6.07) is 4.31. The molecule has 0 amide bonds. The molecule has 2 unspecified atom stereocenters. The summed E-state index contributed by atoms with van der Waals surface area (Å²) in [6.07, 6.45) is 2.28. The fourth-order valence-electron chi connectivity index (χ4n) is 2.56. The van der Waals surface area contributed by atoms with Crippen LogP contribution in [0.5, 0.6) is 0 Å². The molecule has 0 radical (unpaired) electrons. The highest BCUT2D eigenvalue weighted by molar-refractivity contribution is 5.85. The Balaban J connectivity index is 0.00000180. The van der Waals surface area contributed by atoms with Gasteiger partial charge in [0.2, 0.25) is 0 Å². The molecule has 1 heterocycles. The van der Waals surface area contributed by atoms with Crippen molar-refractivity contribution in [2.45, 2.75) is 32.4 Å². The van der Waals surface area contributed by atoms with E-state index in [1.165, 1.54) is 12.1 Å². The summed E-state index contributed by atoms with van der Waals surface area (Å²) >= 11 is 0. The normalized spacial score (nSPS) is 21.8. The number of benzene rings is 1. The quantitative estimate of drug-likeness (QED) is 0.927. The summed E-state index contributed by atoms with van der Waals surface area (Å²) in [7, 11) is 0. The molecule has 1 aliphatic rings. The second-order valence-corrected chi connectivity index (χ2v) is 5.25. The SMILES string of the molecule is CC(N)C1CCCN(Cc2ccc(F)c(F)c2)C1.Cl. The smallest absolute Gasteiger partial charge is 0.159 e. The third-order valence-electron chi connectivity index (χ3n) is 3.68. The fraction of sp³-hybridized carbons (Fsp3) is 0.571. The molecular weight excluding hydrogens is 270 g/mol. The number of nitrogens with zero attached hydrogens (tertiary/aromatic N) is 1. The van der Waals surface area contributed by atoms with Gasteiger partial charge in [0.05, 0.1) is 0 Å². The van der Waals surface area contributed by atoms with E-state index in [2.05, 4.69) is 4.90 Å². The van der Waals surface area contributed by atoms with Gasteiger partial charge in [-0.15, -0.1) is 12.4 Å². The van der Waals surface area contributed by atoms with E-state index in [-0.39, 0.29) is 18.4 Å². The minimum Gasteiger partial charge on any atom is -0.328 e. The zero-order valence-electron chi connectivity index (χ0n) is 11.1. The number of nitrogens with two attached hydrogens (primary N) is 1. The van der Waals surface area contributed by atoms with Crippen molar-refractivity contribution in [3.8, 4) is 0 Å². The second kappa shape index (κ2) is 7.17. The molecule has 0 saturated carbocycles. The Morgan fingerprint density at radius 3 is 2.74 bits per heavy atom. The van der Waals surface area contributed by atoms with Gasteiger partial charge < -0.3 is 5.73 Å². The number of hydrogen-bond acceptors (Lipinski definition) is 2. The number of piperidine rings is 1. The second-order valence-electron chi connectivity index (χ2n) is 5.25. The molecule has 2 N–H and O–H groups in total. The zero-order chi connectivity index (χ0) is 13.1. The van der Waals surface area contributed by atoms with Crippen LogP contribution in [0.3, 0.4) is 0 Å². The van der Waals surface area contributed by atoms with Crippen LogP contribution >= 0.6 is 12.4 Å². The Hall–Kier alpha value is -0.710. The first-order chi connectivity index (χ1) is 8.56. The van der Waals surface area contributed by atoms with Crippen molar-refractivity contribution in [3.63, 3.8) is 0 Å². The van der Waals surface area contributed by atoms with Crippen LogP contribution in [0, 0.1) is 17.6 Å². The van der Waals surface area contributed by atoms with Crippen molar-refractivity contribution < 1.29 is 8.78 Å². The summed E-state index contributed by atoms with van der Waals surface area (Å²) < 4.78 is 26.0. The first-order valence-electron chi connectivity index (χ1n) is 6.48. The highest BCUT2D eigenvalue weighted by Crippen LogP contribution is 2.21. The van der Waals surface area contributed by atoms with Crippen LogP contribution in [0.1, 0.15) is 25.3 Å². The standard InChI is InChI=1S/C14H20F2N2.ClH/c1-10(17)12-3-2-6-18(9-12)8-11-4-5-13(15)14(16)7-11;/h4-5,7,10,12H,2-3,6,8-9,17H2,1H3;1H. The van der Waals surface area contributed by atoms with Crippen molar-refractivity contribution in [1.29, 1.82) is 0 Å². The number of hydrogen-bond donors (Lipinski definition) is 1. The molecule has 19 heavy (non-hydrogen) atoms. The van der Waals surface area contributed by atoms with Gasteiger partial charge in [0.25, 0.3) is 0 Å². The maximum atomic E-state index is 13.1. The Labute approximate surface area is 119 Å². The molecular formula is C14H21ClF2N2. The summed E-state index contributed by atoms with van der Waals surface area (Å²) in [5, 5.41) is 0. The highest BCUT2D eigenvalue weighted by atomic mass is 35.5. The number of likely N-dealkylation sites (tertiary alicyclic amines) is 1. The van der Waals surface area contributed by atoms with Gasteiger partial charge in [-0.3, -0.25) is 4.90 Å². The third kappa shape index (κ3) is 4.41. The Morgan fingerprint density at radius 1 is 1.37 bits per heavy atom. The molecule has 1 saturated heterocycles. The van der Waals surface area contributed by atoms with E-state index in [0.29, 0.717) is 12.5 Å². The van der Waals surface area contributed by atoms with Crippen molar-refractivity contribution >= 4 is 12.4 Å². The first-order valence-corrected chi connectivity index (χ1v) is 6.48. The van der Waals surface area contributed by atoms with Gasteiger partial charge in [-0.2, -0.15) is 0 Å². The largest absolute Gasteiger partial charge is 0.328 e. The molecule has 5 heteroatoms. The fourth-order valence-corrected chi connectivity index (χ4v) is 2.56. The lowest BCUT2D eigenvalue weighted by atomic mass is 9.92. The van der Waals surface area contributed by atoms with E-state index >= 15 is 0 Å². The molecule has 1 aromatic rings. The molecule has 1 aromatic carbocycles. The van der Waals surface area contributed by atoms with E-state index in [1.807, 2.05) is 6.92 Å². The summed E-state index contributed by atoms with van der Waals surface area (Å²) in [5.74, 6) is -1.05. The maximum absolute atomic E-state index is 13.1. The van der Waals surface area contributed by atoms with Gasteiger partial charge in [-0.05, 0) is 49.9 Å². The molecule has 2 nitrogen and oxygen atoms in total. The Morgan fingerprint density at radius 2 is 2.11 bits per heavy atom. The predicted molar refractivity (Wildman–Crippen MR) is 75.3 cm³/mol. The molecule has 1 fully saturated rings. The van der Waals surface area contributed by atoms with Gasteiger partial charge >= 0.3 is 0 Å². The summed E-state index contributed by atoms with van der Waals surface area (Å²) in [5.41, 5.74) is 6.75. The van der Waals surface area contributed by atoms with Gasteiger partial charge in [0.1, 0.15) is 0 Å². The van der Waals surface area contributed by atoms with Gasteiger partial charge in [0.15, 0.2) is 11.6 Å². The van der Waals surface area contributed by atoms with E-state index < -0.39 is 11.6 Å². The van der Waals surface area contributed by atoms with Crippen LogP contribution in [0.4, 0.5) is 8.78 Å². The average molecular weight is 291 g/mol. The van der Waals surface area contributed by atoms with Crippen LogP contribution in [0.2, 0.25) is 0 Å². The molecule has 108 valence electrons. The van der Waals surface area contributed by atoms with Crippen molar-refractivity contribution in [1.82, 2.24) is 4.90 Å². The third-order valence-corrected chi connectivity index (χ3v) is 3.68. The number of rotatable bonds is 3. The van der Waals surface area contributed by atoms with Gasteiger partial charge in [0, 0.05) is 19.1 Å². The molecule has 0 aromatic heterocycles. The van der Waals surface area contributed by atoms with E-state index in [0.717, 1.165) is 31.5 Å². The topological polar surface area (TPSA) is 29.3 Å². The van der Waals surface area contributed by atoms with Crippen LogP contribution in [0.15, 0.2) is 18.2 Å². The minimum atomic E-state index is -0.786. The van der Waals surface area contributed by atoms with Crippen molar-refractivity contribution in [2.75, 3.05) is 13.1 Å². The molecule has 2 rings (SSSR count). The van der Waals surface area contributed by atoms with Gasteiger partial charge in [-0.25, -0.2) is 8.78 Å². The number of halogens is 3. The summed E-state index contributed by atoms with van der Waals surface area (Å²) in [4.78, 5) is 2.27. The predicted octanol–water partition coefficient (Wildman–Crippen LogP) is 2.95. The lowest BCUT2D eigenvalue weighted by Crippen LogP contribution is -2.41. The molecule has 0 bridgehead atoms.